The van der Waals surface area contributed by atoms with Gasteiger partial charge in [0.25, 0.3) is 15.9 Å². The number of halogens is 1. The van der Waals surface area contributed by atoms with Crippen molar-refractivity contribution in [3.8, 4) is 0 Å². The minimum atomic E-state index is -4.11. The summed E-state index contributed by atoms with van der Waals surface area (Å²) in [6, 6.07) is 14.8. The van der Waals surface area contributed by atoms with Crippen molar-refractivity contribution >= 4 is 43.2 Å². The molecule has 43 heavy (non-hydrogen) atoms. The average molecular weight is 627 g/mol. The smallest absolute Gasteiger partial charge is 0.264 e. The highest BCUT2D eigenvalue weighted by atomic mass is 32.2. The summed E-state index contributed by atoms with van der Waals surface area (Å²) in [7, 11) is -8.09. The van der Waals surface area contributed by atoms with Gasteiger partial charge < -0.3 is 10.2 Å². The number of nitrogens with one attached hydrogen (secondary N) is 1. The Kier molecular flexibility index (Phi) is 7.09. The van der Waals surface area contributed by atoms with Crippen LogP contribution >= 0.6 is 0 Å². The number of nitrogens with zero attached hydrogens (tertiary/aromatic N) is 2. The normalized spacial score (nSPS) is 19.7. The second-order valence-electron chi connectivity index (χ2n) is 11.5. The number of benzene rings is 3. The van der Waals surface area contributed by atoms with E-state index >= 15 is 0 Å². The van der Waals surface area contributed by atoms with Gasteiger partial charge in [-0.25, -0.2) is 26.4 Å². The van der Waals surface area contributed by atoms with Gasteiger partial charge in [-0.05, 0) is 97.8 Å². The van der Waals surface area contributed by atoms with E-state index < -0.39 is 43.2 Å². The highest BCUT2D eigenvalue weighted by Gasteiger charge is 2.60. The first-order valence-corrected chi connectivity index (χ1v) is 16.9. The predicted octanol–water partition coefficient (Wildman–Crippen LogP) is 3.59. The van der Waals surface area contributed by atoms with E-state index in [9.17, 15) is 30.8 Å². The number of sulfonamides is 2. The minimum Gasteiger partial charge on any atom is -0.343 e. The molecular weight excluding hydrogens is 595 g/mol. The summed E-state index contributed by atoms with van der Waals surface area (Å²) in [4.78, 5) is 27.2. The van der Waals surface area contributed by atoms with Crippen LogP contribution in [0.2, 0.25) is 0 Å². The molecular formula is C30H31FN4O6S2. The summed E-state index contributed by atoms with van der Waals surface area (Å²) in [6.07, 6.45) is 2.72. The number of carbonyl (C=O) groups is 2. The highest BCUT2D eigenvalue weighted by molar-refractivity contribution is 7.93. The third kappa shape index (κ3) is 5.19. The lowest BCUT2D eigenvalue weighted by molar-refractivity contribution is -0.130. The van der Waals surface area contributed by atoms with Gasteiger partial charge in [-0.15, -0.1) is 0 Å². The number of anilines is 2. The number of hydrogen-bond acceptors (Lipinski definition) is 6. The van der Waals surface area contributed by atoms with Gasteiger partial charge in [-0.1, -0.05) is 6.07 Å². The van der Waals surface area contributed by atoms with Crippen molar-refractivity contribution in [3.05, 3.63) is 83.7 Å². The Hall–Kier alpha value is -3.81. The summed E-state index contributed by atoms with van der Waals surface area (Å²) in [5.41, 5.74) is 1.02. The van der Waals surface area contributed by atoms with Crippen molar-refractivity contribution in [2.45, 2.75) is 53.9 Å². The molecule has 1 saturated carbocycles. The third-order valence-corrected chi connectivity index (χ3v) is 11.5. The average Bonchev–Trinajstić information content (AvgIpc) is 3.77. The van der Waals surface area contributed by atoms with Gasteiger partial charge >= 0.3 is 0 Å². The van der Waals surface area contributed by atoms with Crippen LogP contribution in [-0.2, 0) is 30.3 Å². The summed E-state index contributed by atoms with van der Waals surface area (Å²) in [5, 5.41) is 7.95. The summed E-state index contributed by atoms with van der Waals surface area (Å²) in [5.74, 6) is -1.02. The second kappa shape index (κ2) is 10.4. The Morgan fingerprint density at radius 1 is 0.930 bits per heavy atom. The van der Waals surface area contributed by atoms with Gasteiger partial charge in [0, 0.05) is 36.7 Å². The number of piperidine rings is 1. The van der Waals surface area contributed by atoms with Crippen LogP contribution in [0.5, 0.6) is 0 Å². The van der Waals surface area contributed by atoms with E-state index in [1.165, 1.54) is 41.6 Å². The number of fused-ring (bicyclic) bond motifs is 2. The molecule has 1 saturated heterocycles. The van der Waals surface area contributed by atoms with Gasteiger partial charge in [0.15, 0.2) is 0 Å². The van der Waals surface area contributed by atoms with E-state index in [1.54, 1.807) is 29.2 Å². The van der Waals surface area contributed by atoms with E-state index in [0.29, 0.717) is 37.2 Å². The van der Waals surface area contributed by atoms with Gasteiger partial charge in [-0.2, -0.15) is 0 Å². The number of carbonyl (C=O) groups excluding carboxylic acids is 2. The Morgan fingerprint density at radius 3 is 2.21 bits per heavy atom. The van der Waals surface area contributed by atoms with Crippen molar-refractivity contribution in [3.63, 3.8) is 0 Å². The van der Waals surface area contributed by atoms with E-state index in [-0.39, 0.29) is 32.9 Å². The van der Waals surface area contributed by atoms with Crippen LogP contribution in [0.1, 0.15) is 48.5 Å². The van der Waals surface area contributed by atoms with Crippen molar-refractivity contribution in [2.24, 2.45) is 11.1 Å². The van der Waals surface area contributed by atoms with Crippen LogP contribution in [0.3, 0.4) is 0 Å². The summed E-state index contributed by atoms with van der Waals surface area (Å²) in [6.45, 7) is 2.40. The van der Waals surface area contributed by atoms with Crippen molar-refractivity contribution < 1.29 is 30.8 Å². The Morgan fingerprint density at radius 2 is 1.60 bits per heavy atom. The zero-order valence-electron chi connectivity index (χ0n) is 23.4. The topological polar surface area (TPSA) is 147 Å². The third-order valence-electron chi connectivity index (χ3n) is 8.81. The molecule has 3 aliphatic rings. The zero-order chi connectivity index (χ0) is 30.7. The van der Waals surface area contributed by atoms with E-state index in [0.717, 1.165) is 25.0 Å². The second-order valence-corrected chi connectivity index (χ2v) is 14.8. The number of nitrogens with two attached hydrogens (primary N) is 1. The molecule has 2 aliphatic heterocycles. The molecule has 3 aromatic rings. The van der Waals surface area contributed by atoms with Crippen LogP contribution in [0.4, 0.5) is 15.8 Å². The Labute approximate surface area is 249 Å². The largest absolute Gasteiger partial charge is 0.343 e. The lowest BCUT2D eigenvalue weighted by atomic mass is 9.68. The lowest BCUT2D eigenvalue weighted by Gasteiger charge is -2.45. The fraction of sp³-hybridized carbons (Fsp3) is 0.333. The molecule has 1 aliphatic carbocycles. The first-order chi connectivity index (χ1) is 20.3. The van der Waals surface area contributed by atoms with Crippen LogP contribution in [0.25, 0.3) is 0 Å². The number of primary sulfonamides is 1. The fourth-order valence-corrected chi connectivity index (χ4v) is 8.95. The number of likely N-dealkylation sites (tertiary alicyclic amines) is 1. The van der Waals surface area contributed by atoms with Crippen molar-refractivity contribution in [2.75, 3.05) is 22.7 Å². The molecule has 0 radical (unpaired) electrons. The molecule has 1 atom stereocenters. The van der Waals surface area contributed by atoms with Gasteiger partial charge in [0.2, 0.25) is 15.9 Å². The number of hydrogen-bond donors (Lipinski definition) is 2. The van der Waals surface area contributed by atoms with Crippen molar-refractivity contribution in [1.82, 2.24) is 4.90 Å². The maximum Gasteiger partial charge on any atom is 0.264 e. The van der Waals surface area contributed by atoms with E-state index in [1.807, 2.05) is 0 Å². The molecule has 2 fully saturated rings. The molecule has 0 aromatic heterocycles. The number of rotatable bonds is 6. The SMILES string of the molecule is CC(=O)N1CCC2(CC1)c1cc(C(=O)Nc3cccc(S(N)(=O)=O)c3)ccc1N(S(=O)(=O)c1ccc(F)cc1)C2C1CC1. The summed E-state index contributed by atoms with van der Waals surface area (Å²) < 4.78 is 67.2. The van der Waals surface area contributed by atoms with Gasteiger partial charge in [0.1, 0.15) is 5.82 Å². The maximum absolute atomic E-state index is 14.2. The monoisotopic (exact) mass is 626 g/mol. The molecule has 3 N–H and O–H groups in total. The minimum absolute atomic E-state index is 0.0275. The fourth-order valence-electron chi connectivity index (χ4n) is 6.60. The molecule has 3 aromatic carbocycles. The van der Waals surface area contributed by atoms with Crippen LogP contribution in [-0.4, -0.2) is 52.7 Å². The quantitative estimate of drug-likeness (QED) is 0.428. The standard InChI is InChI=1S/C30H31FN4O6S2/c1-19(36)34-15-13-30(14-16-34)26-17-21(29(37)33-23-3-2-4-25(18-23)42(32,38)39)7-12-27(26)35(28(30)20-5-6-20)43(40,41)24-10-8-22(31)9-11-24/h2-4,7-12,17-18,20,28H,5-6,13-16H2,1H3,(H,33,37)(H2,32,38,39). The van der Waals surface area contributed by atoms with Crippen LogP contribution in [0.15, 0.2) is 76.5 Å². The predicted molar refractivity (Wildman–Crippen MR) is 158 cm³/mol. The zero-order valence-corrected chi connectivity index (χ0v) is 25.0. The summed E-state index contributed by atoms with van der Waals surface area (Å²) >= 11 is 0. The van der Waals surface area contributed by atoms with E-state index in [4.69, 9.17) is 5.14 Å². The van der Waals surface area contributed by atoms with Crippen LogP contribution in [0, 0.1) is 11.7 Å². The molecule has 6 rings (SSSR count). The Bertz CT molecular complexity index is 1830. The molecule has 2 heterocycles. The van der Waals surface area contributed by atoms with E-state index in [2.05, 4.69) is 5.32 Å². The van der Waals surface area contributed by atoms with Gasteiger partial charge in [0.05, 0.1) is 21.5 Å². The molecule has 2 amide bonds. The Balaban J connectivity index is 1.44. The van der Waals surface area contributed by atoms with Crippen molar-refractivity contribution in [1.29, 1.82) is 0 Å². The molecule has 1 unspecified atom stereocenters. The molecule has 0 bridgehead atoms. The molecule has 1 spiro atoms. The molecule has 10 nitrogen and oxygen atoms in total. The number of amides is 2. The molecule has 13 heteroatoms. The highest BCUT2D eigenvalue weighted by Crippen LogP contribution is 2.59. The molecule has 226 valence electrons. The maximum atomic E-state index is 14.2. The first-order valence-electron chi connectivity index (χ1n) is 14.0. The lowest BCUT2D eigenvalue weighted by Crippen LogP contribution is -2.54. The van der Waals surface area contributed by atoms with Gasteiger partial charge in [-0.3, -0.25) is 13.9 Å². The first kappa shape index (κ1) is 29.3. The van der Waals surface area contributed by atoms with Crippen LogP contribution < -0.4 is 14.8 Å².